The second kappa shape index (κ2) is 6.14. The summed E-state index contributed by atoms with van der Waals surface area (Å²) >= 11 is 1.30. The van der Waals surface area contributed by atoms with Gasteiger partial charge in [-0.3, -0.25) is 4.31 Å². The lowest BCUT2D eigenvalue weighted by atomic mass is 10.0. The third-order valence-electron chi connectivity index (χ3n) is 4.00. The number of hydrogen-bond donors (Lipinski definition) is 1. The van der Waals surface area contributed by atoms with E-state index in [9.17, 15) is 13.5 Å². The highest BCUT2D eigenvalue weighted by Crippen LogP contribution is 2.40. The number of thiophene rings is 1. The maximum Gasteiger partial charge on any atom is 0.273 e. The summed E-state index contributed by atoms with van der Waals surface area (Å²) in [5.74, 6) is 0.568. The summed E-state index contributed by atoms with van der Waals surface area (Å²) in [5.41, 5.74) is 1.11. The molecule has 1 aromatic heterocycles. The summed E-state index contributed by atoms with van der Waals surface area (Å²) in [5, 5.41) is 10.2. The second-order valence-electron chi connectivity index (χ2n) is 5.38. The zero-order valence-electron chi connectivity index (χ0n) is 13.0. The number of anilines is 1. The molecule has 0 saturated heterocycles. The fourth-order valence-corrected chi connectivity index (χ4v) is 5.62. The number of rotatable bonds is 4. The normalized spacial score (nSPS) is 17.9. The molecule has 1 aliphatic rings. The Bertz CT molecular complexity index is 813. The number of aliphatic hydroxyl groups is 1. The fourth-order valence-electron chi connectivity index (χ4n) is 2.71. The number of nitrogens with zero attached hydrogens (tertiary/aromatic N) is 1. The molecule has 0 spiro atoms. The van der Waals surface area contributed by atoms with Gasteiger partial charge in [-0.15, -0.1) is 11.3 Å². The molecular formula is C16H19NO4S2. The van der Waals surface area contributed by atoms with Crippen molar-refractivity contribution in [3.05, 3.63) is 40.8 Å². The molecule has 7 heteroatoms. The Kier molecular flexibility index (Phi) is 4.35. The van der Waals surface area contributed by atoms with E-state index in [1.165, 1.54) is 22.8 Å². The van der Waals surface area contributed by atoms with Gasteiger partial charge in [0, 0.05) is 23.1 Å². The standard InChI is InChI=1S/C16H19NO4S2/c1-3-12-5-7-16(22-12)23(19,20)17-9-8-15(18)13-6-4-11(21-2)10-14(13)17/h4-7,10,15,18H,3,8-9H2,1-2H3. The summed E-state index contributed by atoms with van der Waals surface area (Å²) in [6, 6.07) is 8.64. The maximum absolute atomic E-state index is 13.0. The average molecular weight is 353 g/mol. The molecular weight excluding hydrogens is 334 g/mol. The van der Waals surface area contributed by atoms with Gasteiger partial charge in [-0.25, -0.2) is 8.42 Å². The van der Waals surface area contributed by atoms with Crippen molar-refractivity contribution in [2.45, 2.75) is 30.1 Å². The summed E-state index contributed by atoms with van der Waals surface area (Å²) in [6.45, 7) is 2.25. The number of methoxy groups -OCH3 is 1. The van der Waals surface area contributed by atoms with Crippen LogP contribution in [0.15, 0.2) is 34.5 Å². The SMILES string of the molecule is CCc1ccc(S(=O)(=O)N2CCC(O)c3ccc(OC)cc32)s1. The predicted molar refractivity (Wildman–Crippen MR) is 90.8 cm³/mol. The Balaban J connectivity index is 2.08. The van der Waals surface area contributed by atoms with Crippen LogP contribution in [0.3, 0.4) is 0 Å². The van der Waals surface area contributed by atoms with E-state index in [4.69, 9.17) is 4.74 Å². The minimum absolute atomic E-state index is 0.253. The third-order valence-corrected chi connectivity index (χ3v) is 7.51. The Labute approximate surface area is 140 Å². The van der Waals surface area contributed by atoms with E-state index in [0.717, 1.165) is 11.3 Å². The topological polar surface area (TPSA) is 66.8 Å². The molecule has 1 aromatic carbocycles. The first-order valence-electron chi connectivity index (χ1n) is 7.44. The Hall–Kier alpha value is -1.57. The van der Waals surface area contributed by atoms with Gasteiger partial charge in [-0.2, -0.15) is 0 Å². The first-order chi connectivity index (χ1) is 11.0. The molecule has 23 heavy (non-hydrogen) atoms. The van der Waals surface area contributed by atoms with Gasteiger partial charge >= 0.3 is 0 Å². The van der Waals surface area contributed by atoms with Crippen LogP contribution in [0.1, 0.15) is 29.9 Å². The summed E-state index contributed by atoms with van der Waals surface area (Å²) in [6.07, 6.45) is 0.533. The molecule has 1 atom stereocenters. The number of aryl methyl sites for hydroxylation is 1. The Morgan fingerprint density at radius 3 is 2.78 bits per heavy atom. The first-order valence-corrected chi connectivity index (χ1v) is 9.70. The molecule has 0 radical (unpaired) electrons. The first kappa shape index (κ1) is 16.3. The third kappa shape index (κ3) is 2.84. The molecule has 0 bridgehead atoms. The highest BCUT2D eigenvalue weighted by atomic mass is 32.2. The molecule has 5 nitrogen and oxygen atoms in total. The van der Waals surface area contributed by atoms with Gasteiger partial charge in [0.15, 0.2) is 0 Å². The molecule has 2 heterocycles. The summed E-state index contributed by atoms with van der Waals surface area (Å²) in [7, 11) is -2.09. The Morgan fingerprint density at radius 1 is 1.35 bits per heavy atom. The number of hydrogen-bond acceptors (Lipinski definition) is 5. The lowest BCUT2D eigenvalue weighted by Crippen LogP contribution is -2.36. The quantitative estimate of drug-likeness (QED) is 0.918. The smallest absolute Gasteiger partial charge is 0.273 e. The Morgan fingerprint density at radius 2 is 2.13 bits per heavy atom. The number of fused-ring (bicyclic) bond motifs is 1. The molecule has 0 amide bonds. The van der Waals surface area contributed by atoms with Crippen molar-refractivity contribution >= 4 is 27.0 Å². The van der Waals surface area contributed by atoms with Crippen LogP contribution in [0.4, 0.5) is 5.69 Å². The van der Waals surface area contributed by atoms with Crippen molar-refractivity contribution in [2.75, 3.05) is 18.0 Å². The van der Waals surface area contributed by atoms with Crippen LogP contribution in [0.5, 0.6) is 5.75 Å². The van der Waals surface area contributed by atoms with Crippen molar-refractivity contribution < 1.29 is 18.3 Å². The zero-order chi connectivity index (χ0) is 16.6. The molecule has 1 unspecified atom stereocenters. The van der Waals surface area contributed by atoms with Crippen LogP contribution in [-0.4, -0.2) is 27.2 Å². The van der Waals surface area contributed by atoms with Crippen molar-refractivity contribution in [3.8, 4) is 5.75 Å². The number of ether oxygens (including phenoxy) is 1. The van der Waals surface area contributed by atoms with Crippen LogP contribution < -0.4 is 9.04 Å². The summed E-state index contributed by atoms with van der Waals surface area (Å²) < 4.78 is 32.9. The maximum atomic E-state index is 13.0. The monoisotopic (exact) mass is 353 g/mol. The van der Waals surface area contributed by atoms with Gasteiger partial charge in [-0.05, 0) is 31.0 Å². The molecule has 0 aliphatic carbocycles. The van der Waals surface area contributed by atoms with E-state index in [0.29, 0.717) is 27.6 Å². The number of sulfonamides is 1. The van der Waals surface area contributed by atoms with E-state index in [1.54, 1.807) is 24.3 Å². The molecule has 1 N–H and O–H groups in total. The van der Waals surface area contributed by atoms with Crippen molar-refractivity contribution in [1.29, 1.82) is 0 Å². The average Bonchev–Trinajstić information content (AvgIpc) is 3.04. The van der Waals surface area contributed by atoms with Crippen molar-refractivity contribution in [1.82, 2.24) is 0 Å². The lowest BCUT2D eigenvalue weighted by molar-refractivity contribution is 0.166. The van der Waals surface area contributed by atoms with Crippen LogP contribution in [0.25, 0.3) is 0 Å². The largest absolute Gasteiger partial charge is 0.497 e. The predicted octanol–water partition coefficient (Wildman–Crippen LogP) is 2.95. The van der Waals surface area contributed by atoms with Crippen molar-refractivity contribution in [2.24, 2.45) is 0 Å². The molecule has 1 aliphatic heterocycles. The van der Waals surface area contributed by atoms with Crippen LogP contribution in [-0.2, 0) is 16.4 Å². The fraction of sp³-hybridized carbons (Fsp3) is 0.375. The van der Waals surface area contributed by atoms with E-state index in [-0.39, 0.29) is 6.54 Å². The van der Waals surface area contributed by atoms with Crippen LogP contribution in [0, 0.1) is 0 Å². The van der Waals surface area contributed by atoms with Gasteiger partial charge in [0.05, 0.1) is 18.9 Å². The van der Waals surface area contributed by atoms with Crippen LogP contribution in [0.2, 0.25) is 0 Å². The van der Waals surface area contributed by atoms with Gasteiger partial charge < -0.3 is 9.84 Å². The van der Waals surface area contributed by atoms with E-state index in [1.807, 2.05) is 13.0 Å². The van der Waals surface area contributed by atoms with Crippen LogP contribution >= 0.6 is 11.3 Å². The minimum Gasteiger partial charge on any atom is -0.497 e. The summed E-state index contributed by atoms with van der Waals surface area (Å²) in [4.78, 5) is 1.03. The molecule has 124 valence electrons. The highest BCUT2D eigenvalue weighted by molar-refractivity contribution is 7.94. The zero-order valence-corrected chi connectivity index (χ0v) is 14.7. The van der Waals surface area contributed by atoms with Gasteiger partial charge in [-0.1, -0.05) is 13.0 Å². The van der Waals surface area contributed by atoms with E-state index >= 15 is 0 Å². The lowest BCUT2D eigenvalue weighted by Gasteiger charge is -2.32. The minimum atomic E-state index is -3.63. The van der Waals surface area contributed by atoms with Gasteiger partial charge in [0.1, 0.15) is 9.96 Å². The highest BCUT2D eigenvalue weighted by Gasteiger charge is 2.33. The molecule has 0 fully saturated rings. The second-order valence-corrected chi connectivity index (χ2v) is 8.64. The molecule has 3 rings (SSSR count). The van der Waals surface area contributed by atoms with Gasteiger partial charge in [0.25, 0.3) is 10.0 Å². The molecule has 0 saturated carbocycles. The molecule has 2 aromatic rings. The number of benzene rings is 1. The van der Waals surface area contributed by atoms with E-state index < -0.39 is 16.1 Å². The van der Waals surface area contributed by atoms with E-state index in [2.05, 4.69) is 0 Å². The van der Waals surface area contributed by atoms with Crippen molar-refractivity contribution in [3.63, 3.8) is 0 Å². The van der Waals surface area contributed by atoms with Gasteiger partial charge in [0.2, 0.25) is 0 Å². The number of aliphatic hydroxyl groups excluding tert-OH is 1.